The summed E-state index contributed by atoms with van der Waals surface area (Å²) in [6, 6.07) is 3.43. The van der Waals surface area contributed by atoms with E-state index in [1.165, 1.54) is 7.11 Å². The van der Waals surface area contributed by atoms with Crippen LogP contribution in [0.5, 0.6) is 11.5 Å². The molecule has 6 heteroatoms. The molecule has 1 aromatic rings. The fraction of sp³-hybridized carbons (Fsp3) is 0.455. The minimum absolute atomic E-state index is 0.266. The van der Waals surface area contributed by atoms with Crippen LogP contribution in [0.15, 0.2) is 12.1 Å². The Labute approximate surface area is 106 Å². The van der Waals surface area contributed by atoms with Gasteiger partial charge in [-0.15, -0.1) is 0 Å². The first kappa shape index (κ1) is 14.1. The van der Waals surface area contributed by atoms with E-state index in [-0.39, 0.29) is 5.75 Å². The molecule has 17 heavy (non-hydrogen) atoms. The van der Waals surface area contributed by atoms with Gasteiger partial charge in [-0.2, -0.15) is 0 Å². The Morgan fingerprint density at radius 2 is 1.59 bits per heavy atom. The molecular weight excluding hydrogens is 264 g/mol. The van der Waals surface area contributed by atoms with Gasteiger partial charge in [-0.3, -0.25) is 0 Å². The Morgan fingerprint density at radius 3 is 1.94 bits per heavy atom. The van der Waals surface area contributed by atoms with Gasteiger partial charge >= 0.3 is 0 Å². The zero-order valence-electron chi connectivity index (χ0n) is 9.99. The number of benzene rings is 1. The van der Waals surface area contributed by atoms with Gasteiger partial charge in [-0.05, 0) is 18.6 Å². The molecule has 0 saturated carbocycles. The molecule has 0 aliphatic carbocycles. The van der Waals surface area contributed by atoms with Gasteiger partial charge in [0.1, 0.15) is 11.5 Å². The Balaban J connectivity index is 3.40. The first-order valence-electron chi connectivity index (χ1n) is 5.08. The lowest BCUT2D eigenvalue weighted by Crippen LogP contribution is -2.04. The molecule has 0 unspecified atom stereocenters. The Hall–Kier alpha value is -0.940. The first-order valence-corrected chi connectivity index (χ1v) is 7.55. The van der Waals surface area contributed by atoms with Crippen LogP contribution in [0.2, 0.25) is 0 Å². The van der Waals surface area contributed by atoms with Crippen LogP contribution < -0.4 is 9.47 Å². The van der Waals surface area contributed by atoms with Gasteiger partial charge < -0.3 is 9.47 Å². The number of rotatable bonds is 5. The largest absolute Gasteiger partial charge is 0.496 e. The van der Waals surface area contributed by atoms with Gasteiger partial charge in [-0.25, -0.2) is 8.42 Å². The number of halogens is 1. The van der Waals surface area contributed by atoms with E-state index < -0.39 is 9.05 Å². The Morgan fingerprint density at radius 1 is 1.12 bits per heavy atom. The van der Waals surface area contributed by atoms with E-state index in [4.69, 9.17) is 20.2 Å². The van der Waals surface area contributed by atoms with Crippen molar-refractivity contribution in [3.05, 3.63) is 23.3 Å². The first-order chi connectivity index (χ1) is 7.92. The molecule has 0 aromatic heterocycles. The van der Waals surface area contributed by atoms with Crippen LogP contribution in [0.3, 0.4) is 0 Å². The summed E-state index contributed by atoms with van der Waals surface area (Å²) < 4.78 is 32.8. The van der Waals surface area contributed by atoms with Gasteiger partial charge in [0.15, 0.2) is 0 Å². The van der Waals surface area contributed by atoms with Crippen molar-refractivity contribution in [3.63, 3.8) is 0 Å². The highest BCUT2D eigenvalue weighted by molar-refractivity contribution is 8.13. The standard InChI is InChI=1S/C11H15ClO4S/c1-4-8-9(7-17(12,13)14)11(16-3)6-5-10(8)15-2/h5-6H,4,7H2,1-3H3. The van der Waals surface area contributed by atoms with Crippen molar-refractivity contribution >= 4 is 19.7 Å². The maximum Gasteiger partial charge on any atom is 0.236 e. The molecule has 0 N–H and O–H groups in total. The van der Waals surface area contributed by atoms with Crippen LogP contribution in [-0.2, 0) is 21.2 Å². The second-order valence-corrected chi connectivity index (χ2v) is 6.24. The van der Waals surface area contributed by atoms with E-state index in [9.17, 15) is 8.42 Å². The van der Waals surface area contributed by atoms with E-state index >= 15 is 0 Å². The number of hydrogen-bond acceptors (Lipinski definition) is 4. The van der Waals surface area contributed by atoms with E-state index in [0.717, 1.165) is 5.56 Å². The molecule has 0 fully saturated rings. The van der Waals surface area contributed by atoms with E-state index in [0.29, 0.717) is 23.5 Å². The molecule has 0 atom stereocenters. The number of methoxy groups -OCH3 is 2. The minimum atomic E-state index is -3.63. The summed E-state index contributed by atoms with van der Waals surface area (Å²) in [6.07, 6.45) is 0.641. The van der Waals surface area contributed by atoms with Crippen molar-refractivity contribution in [2.45, 2.75) is 19.1 Å². The highest BCUT2D eigenvalue weighted by Crippen LogP contribution is 2.32. The predicted octanol–water partition coefficient (Wildman–Crippen LogP) is 2.33. The minimum Gasteiger partial charge on any atom is -0.496 e. The van der Waals surface area contributed by atoms with Crippen LogP contribution in [0.4, 0.5) is 0 Å². The summed E-state index contributed by atoms with van der Waals surface area (Å²) >= 11 is 0. The molecule has 0 aliphatic heterocycles. The van der Waals surface area contributed by atoms with Crippen LogP contribution in [-0.4, -0.2) is 22.6 Å². The molecule has 0 bridgehead atoms. The molecule has 0 heterocycles. The predicted molar refractivity (Wildman–Crippen MR) is 67.4 cm³/mol. The average molecular weight is 279 g/mol. The van der Waals surface area contributed by atoms with Crippen molar-refractivity contribution in [1.29, 1.82) is 0 Å². The second kappa shape index (κ2) is 5.60. The number of ether oxygens (including phenoxy) is 2. The van der Waals surface area contributed by atoms with Crippen molar-refractivity contribution in [1.82, 2.24) is 0 Å². The van der Waals surface area contributed by atoms with Crippen molar-refractivity contribution in [2.75, 3.05) is 14.2 Å². The van der Waals surface area contributed by atoms with Gasteiger partial charge in [0, 0.05) is 21.8 Å². The zero-order chi connectivity index (χ0) is 13.1. The lowest BCUT2D eigenvalue weighted by molar-refractivity contribution is 0.396. The van der Waals surface area contributed by atoms with Gasteiger partial charge in [0.2, 0.25) is 9.05 Å². The second-order valence-electron chi connectivity index (χ2n) is 3.46. The molecule has 0 amide bonds. The van der Waals surface area contributed by atoms with Crippen molar-refractivity contribution in [2.24, 2.45) is 0 Å². The summed E-state index contributed by atoms with van der Waals surface area (Å²) in [7, 11) is 4.70. The lowest BCUT2D eigenvalue weighted by Gasteiger charge is -2.15. The van der Waals surface area contributed by atoms with Crippen molar-refractivity contribution < 1.29 is 17.9 Å². The third-order valence-electron chi connectivity index (χ3n) is 2.46. The van der Waals surface area contributed by atoms with Crippen LogP contribution in [0.25, 0.3) is 0 Å². The van der Waals surface area contributed by atoms with E-state index in [1.54, 1.807) is 19.2 Å². The maximum absolute atomic E-state index is 11.2. The molecule has 1 rings (SSSR count). The van der Waals surface area contributed by atoms with Gasteiger partial charge in [-0.1, -0.05) is 6.92 Å². The molecule has 0 spiro atoms. The SMILES string of the molecule is CCc1c(OC)ccc(OC)c1CS(=O)(=O)Cl. The Kier molecular flexibility index (Phi) is 4.65. The molecule has 1 aromatic carbocycles. The number of hydrogen-bond donors (Lipinski definition) is 0. The molecule has 0 radical (unpaired) electrons. The highest BCUT2D eigenvalue weighted by Gasteiger charge is 2.18. The normalized spacial score (nSPS) is 11.3. The summed E-state index contributed by atoms with van der Waals surface area (Å²) in [5.74, 6) is 0.883. The third-order valence-corrected chi connectivity index (χ3v) is 3.42. The Bertz CT molecular complexity index is 496. The van der Waals surface area contributed by atoms with Gasteiger partial charge in [0.05, 0.1) is 20.0 Å². The average Bonchev–Trinajstić information content (AvgIpc) is 2.26. The smallest absolute Gasteiger partial charge is 0.236 e. The summed E-state index contributed by atoms with van der Waals surface area (Å²) in [6.45, 7) is 1.92. The summed E-state index contributed by atoms with van der Waals surface area (Å²) in [4.78, 5) is 0. The highest BCUT2D eigenvalue weighted by atomic mass is 35.7. The topological polar surface area (TPSA) is 52.6 Å². The van der Waals surface area contributed by atoms with Crippen LogP contribution in [0.1, 0.15) is 18.1 Å². The van der Waals surface area contributed by atoms with Crippen molar-refractivity contribution in [3.8, 4) is 11.5 Å². The van der Waals surface area contributed by atoms with Crippen LogP contribution in [0, 0.1) is 0 Å². The quantitative estimate of drug-likeness (QED) is 0.776. The molecule has 0 saturated heterocycles. The summed E-state index contributed by atoms with van der Waals surface area (Å²) in [5, 5.41) is 0. The molecular formula is C11H15ClO4S. The van der Waals surface area contributed by atoms with Crippen LogP contribution >= 0.6 is 10.7 Å². The molecule has 96 valence electrons. The zero-order valence-corrected chi connectivity index (χ0v) is 11.6. The fourth-order valence-electron chi connectivity index (χ4n) is 1.75. The molecule has 4 nitrogen and oxygen atoms in total. The summed E-state index contributed by atoms with van der Waals surface area (Å²) in [5.41, 5.74) is 1.36. The van der Waals surface area contributed by atoms with E-state index in [1.807, 2.05) is 6.92 Å². The monoisotopic (exact) mass is 278 g/mol. The maximum atomic E-state index is 11.2. The van der Waals surface area contributed by atoms with E-state index in [2.05, 4.69) is 0 Å². The molecule has 0 aliphatic rings. The van der Waals surface area contributed by atoms with Gasteiger partial charge in [0.25, 0.3) is 0 Å². The third kappa shape index (κ3) is 3.51. The fourth-order valence-corrected chi connectivity index (χ4v) is 2.74. The lowest BCUT2D eigenvalue weighted by atomic mass is 10.0.